The van der Waals surface area contributed by atoms with Gasteiger partial charge in [-0.2, -0.15) is 0 Å². The Bertz CT molecular complexity index is 719. The van der Waals surface area contributed by atoms with Gasteiger partial charge in [0.25, 0.3) is 0 Å². The van der Waals surface area contributed by atoms with Gasteiger partial charge < -0.3 is 19.9 Å². The molecule has 0 atom stereocenters. The summed E-state index contributed by atoms with van der Waals surface area (Å²) in [6, 6.07) is 16.7. The maximum absolute atomic E-state index is 12.3. The number of benzene rings is 2. The summed E-state index contributed by atoms with van der Waals surface area (Å²) in [5.41, 5.74) is 1.58. The van der Waals surface area contributed by atoms with Gasteiger partial charge in [-0.15, -0.1) is 0 Å². The number of carbonyl (C=O) groups is 2. The lowest BCUT2D eigenvalue weighted by Crippen LogP contribution is -2.40. The molecule has 0 aliphatic heterocycles. The number of hydrogen-bond donors (Lipinski definition) is 1. The summed E-state index contributed by atoms with van der Waals surface area (Å²) in [7, 11) is 5.03. The van der Waals surface area contributed by atoms with Gasteiger partial charge in [0.1, 0.15) is 5.75 Å². The molecule has 2 aromatic carbocycles. The Morgan fingerprint density at radius 2 is 1.72 bits per heavy atom. The Balaban J connectivity index is 1.86. The largest absolute Gasteiger partial charge is 0.497 e. The van der Waals surface area contributed by atoms with Crippen molar-refractivity contribution in [2.24, 2.45) is 0 Å². The molecule has 2 rings (SSSR count). The quantitative estimate of drug-likeness (QED) is 0.839. The van der Waals surface area contributed by atoms with Crippen LogP contribution in [0.15, 0.2) is 54.6 Å². The van der Waals surface area contributed by atoms with E-state index < -0.39 is 0 Å². The molecule has 0 saturated carbocycles. The zero-order valence-corrected chi connectivity index (χ0v) is 14.7. The van der Waals surface area contributed by atoms with Crippen molar-refractivity contribution in [3.8, 4) is 5.75 Å². The summed E-state index contributed by atoms with van der Waals surface area (Å²) in [5.74, 6) is 0.269. The van der Waals surface area contributed by atoms with Gasteiger partial charge in [-0.05, 0) is 24.3 Å². The second-order valence-electron chi connectivity index (χ2n) is 5.72. The predicted octanol–water partition coefficient (Wildman–Crippen LogP) is 2.23. The number of methoxy groups -OCH3 is 1. The monoisotopic (exact) mass is 341 g/mol. The van der Waals surface area contributed by atoms with Crippen molar-refractivity contribution in [3.63, 3.8) is 0 Å². The number of rotatable bonds is 7. The first-order chi connectivity index (χ1) is 12.0. The highest BCUT2D eigenvalue weighted by molar-refractivity contribution is 5.95. The van der Waals surface area contributed by atoms with Crippen molar-refractivity contribution in [1.82, 2.24) is 4.90 Å². The average Bonchev–Trinajstić information content (AvgIpc) is 2.62. The number of nitrogens with one attached hydrogen (secondary N) is 1. The van der Waals surface area contributed by atoms with Gasteiger partial charge in [0.2, 0.25) is 11.8 Å². The summed E-state index contributed by atoms with van der Waals surface area (Å²) >= 11 is 0. The van der Waals surface area contributed by atoms with Crippen LogP contribution >= 0.6 is 0 Å². The zero-order valence-electron chi connectivity index (χ0n) is 14.7. The van der Waals surface area contributed by atoms with Gasteiger partial charge >= 0.3 is 0 Å². The van der Waals surface area contributed by atoms with E-state index in [0.29, 0.717) is 11.4 Å². The van der Waals surface area contributed by atoms with Gasteiger partial charge in [0.05, 0.1) is 20.2 Å². The Labute approximate surface area is 148 Å². The Hall–Kier alpha value is -3.02. The number of ether oxygens (including phenoxy) is 1. The minimum absolute atomic E-state index is 0.0152. The smallest absolute Gasteiger partial charge is 0.243 e. The van der Waals surface area contributed by atoms with Crippen LogP contribution in [0.3, 0.4) is 0 Å². The van der Waals surface area contributed by atoms with Gasteiger partial charge in [0.15, 0.2) is 0 Å². The molecular formula is C19H23N3O3. The number of carbonyl (C=O) groups excluding carboxylic acids is 2. The summed E-state index contributed by atoms with van der Waals surface area (Å²) in [4.78, 5) is 27.7. The highest BCUT2D eigenvalue weighted by atomic mass is 16.5. The molecule has 0 heterocycles. The minimum Gasteiger partial charge on any atom is -0.497 e. The number of amides is 2. The standard InChI is InChI=1S/C19H23N3O3/c1-21(16-9-5-4-6-10-16)14-19(24)22(2)13-18(23)20-15-8-7-11-17(12-15)25-3/h4-12H,13-14H2,1-3H3,(H,20,23). The normalized spacial score (nSPS) is 10.0. The molecule has 132 valence electrons. The molecule has 0 aliphatic rings. The van der Waals surface area contributed by atoms with Crippen molar-refractivity contribution in [3.05, 3.63) is 54.6 Å². The molecule has 0 unspecified atom stereocenters. The SMILES string of the molecule is COc1cccc(NC(=O)CN(C)C(=O)CN(C)c2ccccc2)c1. The lowest BCUT2D eigenvalue weighted by molar-refractivity contribution is -0.132. The van der Waals surface area contributed by atoms with Crippen molar-refractivity contribution < 1.29 is 14.3 Å². The fourth-order valence-electron chi connectivity index (χ4n) is 2.30. The van der Waals surface area contributed by atoms with Crippen LogP contribution in [0, 0.1) is 0 Å². The minimum atomic E-state index is -0.258. The van der Waals surface area contributed by atoms with E-state index in [2.05, 4.69) is 5.32 Å². The fraction of sp³-hybridized carbons (Fsp3) is 0.263. The predicted molar refractivity (Wildman–Crippen MR) is 99.0 cm³/mol. The molecule has 0 bridgehead atoms. The third kappa shape index (κ3) is 5.53. The number of para-hydroxylation sites is 1. The molecule has 0 saturated heterocycles. The molecule has 0 aromatic heterocycles. The highest BCUT2D eigenvalue weighted by Gasteiger charge is 2.15. The Morgan fingerprint density at radius 3 is 2.40 bits per heavy atom. The number of hydrogen-bond acceptors (Lipinski definition) is 4. The number of anilines is 2. The molecule has 2 amide bonds. The van der Waals surface area contributed by atoms with Crippen LogP contribution in [0.2, 0.25) is 0 Å². The first kappa shape index (κ1) is 18.3. The van der Waals surface area contributed by atoms with E-state index in [-0.39, 0.29) is 24.9 Å². The second kappa shape index (κ2) is 8.73. The maximum Gasteiger partial charge on any atom is 0.243 e. The molecule has 0 spiro atoms. The van der Waals surface area contributed by atoms with E-state index in [1.165, 1.54) is 4.90 Å². The average molecular weight is 341 g/mol. The molecule has 2 aromatic rings. The third-order valence-electron chi connectivity index (χ3n) is 3.73. The Kier molecular flexibility index (Phi) is 6.39. The summed E-state index contributed by atoms with van der Waals surface area (Å²) in [6.07, 6.45) is 0. The number of likely N-dealkylation sites (N-methyl/N-ethyl adjacent to an activating group) is 2. The molecule has 6 nitrogen and oxygen atoms in total. The lowest BCUT2D eigenvalue weighted by atomic mass is 10.3. The van der Waals surface area contributed by atoms with Crippen LogP contribution in [0.1, 0.15) is 0 Å². The summed E-state index contributed by atoms with van der Waals surface area (Å²) < 4.78 is 5.12. The summed E-state index contributed by atoms with van der Waals surface area (Å²) in [5, 5.41) is 2.76. The van der Waals surface area contributed by atoms with E-state index in [9.17, 15) is 9.59 Å². The van der Waals surface area contributed by atoms with Crippen LogP contribution in [-0.2, 0) is 9.59 Å². The number of nitrogens with zero attached hydrogens (tertiary/aromatic N) is 2. The first-order valence-corrected chi connectivity index (χ1v) is 7.93. The topological polar surface area (TPSA) is 61.9 Å². The third-order valence-corrected chi connectivity index (χ3v) is 3.73. The van der Waals surface area contributed by atoms with Gasteiger partial charge in [-0.1, -0.05) is 24.3 Å². The van der Waals surface area contributed by atoms with Crippen molar-refractivity contribution >= 4 is 23.2 Å². The van der Waals surface area contributed by atoms with Crippen LogP contribution in [0.5, 0.6) is 5.75 Å². The van der Waals surface area contributed by atoms with E-state index in [0.717, 1.165) is 5.69 Å². The van der Waals surface area contributed by atoms with Crippen LogP contribution in [-0.4, -0.2) is 51.0 Å². The second-order valence-corrected chi connectivity index (χ2v) is 5.72. The molecule has 1 N–H and O–H groups in total. The van der Waals surface area contributed by atoms with Crippen LogP contribution in [0.25, 0.3) is 0 Å². The van der Waals surface area contributed by atoms with Gasteiger partial charge in [-0.25, -0.2) is 0 Å². The highest BCUT2D eigenvalue weighted by Crippen LogP contribution is 2.16. The van der Waals surface area contributed by atoms with E-state index >= 15 is 0 Å². The van der Waals surface area contributed by atoms with Gasteiger partial charge in [-0.3, -0.25) is 9.59 Å². The zero-order chi connectivity index (χ0) is 18.2. The first-order valence-electron chi connectivity index (χ1n) is 7.93. The molecule has 0 radical (unpaired) electrons. The maximum atomic E-state index is 12.3. The van der Waals surface area contributed by atoms with Gasteiger partial charge in [0, 0.05) is 31.5 Å². The van der Waals surface area contributed by atoms with Crippen LogP contribution in [0.4, 0.5) is 11.4 Å². The fourth-order valence-corrected chi connectivity index (χ4v) is 2.30. The molecular weight excluding hydrogens is 318 g/mol. The molecule has 0 fully saturated rings. The Morgan fingerprint density at radius 1 is 1.00 bits per heavy atom. The van der Waals surface area contributed by atoms with E-state index in [1.54, 1.807) is 38.4 Å². The molecule has 0 aliphatic carbocycles. The van der Waals surface area contributed by atoms with Crippen molar-refractivity contribution in [1.29, 1.82) is 0 Å². The van der Waals surface area contributed by atoms with E-state index in [1.807, 2.05) is 42.3 Å². The molecule has 25 heavy (non-hydrogen) atoms. The summed E-state index contributed by atoms with van der Waals surface area (Å²) in [6.45, 7) is 0.186. The van der Waals surface area contributed by atoms with E-state index in [4.69, 9.17) is 4.74 Å². The van der Waals surface area contributed by atoms with Crippen LogP contribution < -0.4 is 15.0 Å². The van der Waals surface area contributed by atoms with Crippen molar-refractivity contribution in [2.45, 2.75) is 0 Å². The lowest BCUT2D eigenvalue weighted by Gasteiger charge is -2.23. The van der Waals surface area contributed by atoms with Crippen molar-refractivity contribution in [2.75, 3.05) is 44.5 Å². The molecule has 6 heteroatoms.